The van der Waals surface area contributed by atoms with Gasteiger partial charge in [0.25, 0.3) is 5.91 Å². The predicted octanol–water partition coefficient (Wildman–Crippen LogP) is 3.41. The molecule has 41 heavy (non-hydrogen) atoms. The third-order valence-corrected chi connectivity index (χ3v) is 7.91. The molecule has 0 atom stereocenters. The Kier molecular flexibility index (Phi) is 10.6. The zero-order chi connectivity index (χ0) is 29.2. The molecule has 0 spiro atoms. The standard InChI is InChI=1S/C30H38N6O5/c1-33(31-29(39)4-2-3-19-37)30(40)28-20-27(8-5-24(28)22-38)35-13-11-23(12-14-35)21-34-15-17-36(18-16-34)26-9-6-25(32-41)7-10-26/h5-10,19-20,22-23H,2-4,11-18,21H2,1H3,(H,31,39). The minimum atomic E-state index is -0.469. The molecule has 0 unspecified atom stereocenters. The van der Waals surface area contributed by atoms with Crippen molar-refractivity contribution in [3.8, 4) is 0 Å². The molecule has 0 aromatic heterocycles. The molecule has 2 aromatic rings. The number of nitrogens with zero attached hydrogens (tertiary/aromatic N) is 5. The van der Waals surface area contributed by atoms with Gasteiger partial charge < -0.3 is 14.6 Å². The van der Waals surface area contributed by atoms with Gasteiger partial charge in [0.2, 0.25) is 5.91 Å². The van der Waals surface area contributed by atoms with Crippen LogP contribution in [-0.2, 0) is 9.59 Å². The SMILES string of the molecule is CN(NC(=O)CCCC=O)C(=O)c1cc(N2CCC(CN3CCN(c4ccc(N=O)cc4)CC3)CC2)ccc1C=O. The lowest BCUT2D eigenvalue weighted by atomic mass is 9.95. The first kappa shape index (κ1) is 29.9. The Morgan fingerprint density at radius 1 is 0.951 bits per heavy atom. The van der Waals surface area contributed by atoms with Gasteiger partial charge in [-0.15, -0.1) is 4.91 Å². The molecule has 11 nitrogen and oxygen atoms in total. The number of carbonyl (C=O) groups excluding carboxylic acids is 4. The van der Waals surface area contributed by atoms with Gasteiger partial charge in [0.1, 0.15) is 12.0 Å². The molecule has 2 aromatic carbocycles. The minimum Gasteiger partial charge on any atom is -0.371 e. The number of hydrogen-bond donors (Lipinski definition) is 1. The van der Waals surface area contributed by atoms with Gasteiger partial charge >= 0.3 is 0 Å². The highest BCUT2D eigenvalue weighted by atomic mass is 16.3. The lowest BCUT2D eigenvalue weighted by molar-refractivity contribution is -0.124. The van der Waals surface area contributed by atoms with Gasteiger partial charge in [0.05, 0.1) is 5.56 Å². The molecular weight excluding hydrogens is 524 g/mol. The summed E-state index contributed by atoms with van der Waals surface area (Å²) in [6.45, 7) is 6.65. The molecule has 1 N–H and O–H groups in total. The molecular formula is C30H38N6O5. The van der Waals surface area contributed by atoms with E-state index in [1.807, 2.05) is 18.2 Å². The van der Waals surface area contributed by atoms with Crippen molar-refractivity contribution < 1.29 is 19.2 Å². The van der Waals surface area contributed by atoms with E-state index in [-0.39, 0.29) is 29.9 Å². The number of hydrogen-bond acceptors (Lipinski definition) is 9. The second-order valence-corrected chi connectivity index (χ2v) is 10.7. The number of benzene rings is 2. The van der Waals surface area contributed by atoms with Crippen molar-refractivity contribution in [3.05, 3.63) is 58.5 Å². The maximum absolute atomic E-state index is 13.1. The van der Waals surface area contributed by atoms with Crippen LogP contribution in [0.4, 0.5) is 17.1 Å². The number of hydrazine groups is 1. The molecule has 0 aliphatic carbocycles. The van der Waals surface area contributed by atoms with E-state index in [1.165, 1.54) is 7.05 Å². The van der Waals surface area contributed by atoms with E-state index in [0.29, 0.717) is 24.3 Å². The first-order valence-corrected chi connectivity index (χ1v) is 14.2. The van der Waals surface area contributed by atoms with E-state index in [1.54, 1.807) is 24.3 Å². The molecule has 2 fully saturated rings. The molecule has 218 valence electrons. The van der Waals surface area contributed by atoms with Crippen LogP contribution in [0.25, 0.3) is 0 Å². The van der Waals surface area contributed by atoms with Gasteiger partial charge in [-0.1, -0.05) is 0 Å². The number of unbranched alkanes of at least 4 members (excludes halogenated alkanes) is 1. The molecule has 2 aliphatic rings. The third kappa shape index (κ3) is 7.97. The molecule has 4 rings (SSSR count). The van der Waals surface area contributed by atoms with Crippen LogP contribution in [0.2, 0.25) is 0 Å². The van der Waals surface area contributed by atoms with Gasteiger partial charge in [-0.05, 0) is 72.8 Å². The van der Waals surface area contributed by atoms with Gasteiger partial charge in [0, 0.05) is 82.6 Å². The molecule has 0 radical (unpaired) electrons. The molecule has 11 heteroatoms. The summed E-state index contributed by atoms with van der Waals surface area (Å²) in [6, 6.07) is 12.7. The fourth-order valence-corrected chi connectivity index (χ4v) is 5.50. The quantitative estimate of drug-likeness (QED) is 0.191. The first-order chi connectivity index (χ1) is 19.9. The summed E-state index contributed by atoms with van der Waals surface area (Å²) >= 11 is 0. The summed E-state index contributed by atoms with van der Waals surface area (Å²) in [5, 5.41) is 4.07. The van der Waals surface area contributed by atoms with Crippen molar-refractivity contribution in [2.75, 3.05) is 62.7 Å². The summed E-state index contributed by atoms with van der Waals surface area (Å²) in [5.41, 5.74) is 5.48. The van der Waals surface area contributed by atoms with Gasteiger partial charge in [-0.3, -0.25) is 29.7 Å². The summed E-state index contributed by atoms with van der Waals surface area (Å²) < 4.78 is 0. The zero-order valence-electron chi connectivity index (χ0n) is 23.5. The number of nitrogens with one attached hydrogen (secondary N) is 1. The number of aldehydes is 2. The van der Waals surface area contributed by atoms with E-state index in [9.17, 15) is 24.1 Å². The number of amides is 2. The highest BCUT2D eigenvalue weighted by Gasteiger charge is 2.26. The monoisotopic (exact) mass is 562 g/mol. The smallest absolute Gasteiger partial charge is 0.272 e. The zero-order valence-corrected chi connectivity index (χ0v) is 23.5. The second-order valence-electron chi connectivity index (χ2n) is 10.7. The Balaban J connectivity index is 1.27. The van der Waals surface area contributed by atoms with Gasteiger partial charge in [-0.25, -0.2) is 0 Å². The fraction of sp³-hybridized carbons (Fsp3) is 0.467. The van der Waals surface area contributed by atoms with Crippen molar-refractivity contribution in [1.29, 1.82) is 0 Å². The molecule has 2 heterocycles. The normalized spacial score (nSPS) is 16.2. The Morgan fingerprint density at radius 2 is 1.61 bits per heavy atom. The Hall–Kier alpha value is -4.12. The number of piperidine rings is 1. The van der Waals surface area contributed by atoms with Crippen LogP contribution in [0.3, 0.4) is 0 Å². The number of anilines is 2. The van der Waals surface area contributed by atoms with Crippen molar-refractivity contribution in [1.82, 2.24) is 15.3 Å². The largest absolute Gasteiger partial charge is 0.371 e. The Morgan fingerprint density at radius 3 is 2.24 bits per heavy atom. The number of piperazine rings is 1. The molecule has 0 saturated carbocycles. The van der Waals surface area contributed by atoms with E-state index in [4.69, 9.17) is 0 Å². The number of rotatable bonds is 11. The van der Waals surface area contributed by atoms with Crippen LogP contribution < -0.4 is 15.2 Å². The lowest BCUT2D eigenvalue weighted by Crippen LogP contribution is -2.49. The number of nitroso groups, excluding NO2 is 1. The Bertz CT molecular complexity index is 1220. The van der Waals surface area contributed by atoms with Crippen LogP contribution in [0.15, 0.2) is 47.6 Å². The first-order valence-electron chi connectivity index (χ1n) is 14.2. The van der Waals surface area contributed by atoms with E-state index in [0.717, 1.165) is 81.3 Å². The van der Waals surface area contributed by atoms with Crippen molar-refractivity contribution in [2.45, 2.75) is 32.1 Å². The van der Waals surface area contributed by atoms with E-state index >= 15 is 0 Å². The number of carbonyl (C=O) groups is 4. The average molecular weight is 563 g/mol. The average Bonchev–Trinajstić information content (AvgIpc) is 3.01. The lowest BCUT2D eigenvalue weighted by Gasteiger charge is -2.40. The van der Waals surface area contributed by atoms with Crippen LogP contribution in [0, 0.1) is 10.8 Å². The van der Waals surface area contributed by atoms with E-state index in [2.05, 4.69) is 25.3 Å². The molecule has 2 amide bonds. The summed E-state index contributed by atoms with van der Waals surface area (Å²) in [6.07, 6.45) is 4.31. The van der Waals surface area contributed by atoms with E-state index < -0.39 is 5.91 Å². The van der Waals surface area contributed by atoms with Gasteiger partial charge in [-0.2, -0.15) is 0 Å². The maximum atomic E-state index is 13.1. The third-order valence-electron chi connectivity index (χ3n) is 7.91. The topological polar surface area (TPSA) is 123 Å². The minimum absolute atomic E-state index is 0.135. The Labute approximate surface area is 240 Å². The summed E-state index contributed by atoms with van der Waals surface area (Å²) in [5.74, 6) is -0.240. The van der Waals surface area contributed by atoms with Crippen LogP contribution in [0.1, 0.15) is 52.8 Å². The van der Waals surface area contributed by atoms with Gasteiger partial charge in [0.15, 0.2) is 6.29 Å². The summed E-state index contributed by atoms with van der Waals surface area (Å²) in [4.78, 5) is 65.1. The van der Waals surface area contributed by atoms with Crippen molar-refractivity contribution >= 4 is 41.4 Å². The van der Waals surface area contributed by atoms with Crippen molar-refractivity contribution in [2.24, 2.45) is 11.1 Å². The van der Waals surface area contributed by atoms with Crippen LogP contribution in [0.5, 0.6) is 0 Å². The molecule has 2 aliphatic heterocycles. The highest BCUT2D eigenvalue weighted by Crippen LogP contribution is 2.27. The molecule has 0 bridgehead atoms. The molecule has 2 saturated heterocycles. The second kappa shape index (κ2) is 14.5. The van der Waals surface area contributed by atoms with Crippen molar-refractivity contribution in [3.63, 3.8) is 0 Å². The van der Waals surface area contributed by atoms with Crippen LogP contribution in [-0.4, -0.2) is 87.2 Å². The van der Waals surface area contributed by atoms with Crippen LogP contribution >= 0.6 is 0 Å². The summed E-state index contributed by atoms with van der Waals surface area (Å²) in [7, 11) is 1.45. The highest BCUT2D eigenvalue weighted by molar-refractivity contribution is 6.02. The predicted molar refractivity (Wildman–Crippen MR) is 157 cm³/mol. The maximum Gasteiger partial charge on any atom is 0.272 e. The fourth-order valence-electron chi connectivity index (χ4n) is 5.50.